The molecule has 0 saturated carbocycles. The predicted molar refractivity (Wildman–Crippen MR) is 71.5 cm³/mol. The number of rotatable bonds is 7. The van der Waals surface area contributed by atoms with Crippen molar-refractivity contribution >= 4 is 11.8 Å². The van der Waals surface area contributed by atoms with Crippen LogP contribution in [0.1, 0.15) is 24.3 Å². The van der Waals surface area contributed by atoms with Gasteiger partial charge in [-0.15, -0.1) is 0 Å². The topological polar surface area (TPSA) is 102 Å². The summed E-state index contributed by atoms with van der Waals surface area (Å²) in [6, 6.07) is 0. The lowest BCUT2D eigenvalue weighted by Gasteiger charge is -2.07. The molecule has 0 saturated heterocycles. The van der Waals surface area contributed by atoms with Gasteiger partial charge in [0.25, 0.3) is 5.91 Å². The lowest BCUT2D eigenvalue weighted by Crippen LogP contribution is -2.38. The Morgan fingerprint density at radius 2 is 2.16 bits per heavy atom. The minimum Gasteiger partial charge on any atom is -0.354 e. The minimum atomic E-state index is -0.365. The van der Waals surface area contributed by atoms with Crippen LogP contribution in [0.3, 0.4) is 0 Å². The molecule has 2 amide bonds. The highest BCUT2D eigenvalue weighted by Crippen LogP contribution is 1.95. The SMILES string of the molecule is CC(C)CNC(=O)CNC(=O)c1cn(CCN)cn1. The van der Waals surface area contributed by atoms with Gasteiger partial charge < -0.3 is 20.9 Å². The molecule has 1 rings (SSSR count). The molecule has 0 spiro atoms. The Labute approximate surface area is 112 Å². The van der Waals surface area contributed by atoms with E-state index >= 15 is 0 Å². The van der Waals surface area contributed by atoms with Gasteiger partial charge in [-0.1, -0.05) is 13.8 Å². The van der Waals surface area contributed by atoms with Crippen LogP contribution in [-0.2, 0) is 11.3 Å². The molecule has 0 aliphatic rings. The summed E-state index contributed by atoms with van der Waals surface area (Å²) >= 11 is 0. The molecule has 106 valence electrons. The molecule has 1 aromatic heterocycles. The average molecular weight is 267 g/mol. The van der Waals surface area contributed by atoms with Crippen LogP contribution in [0.25, 0.3) is 0 Å². The van der Waals surface area contributed by atoms with Crippen molar-refractivity contribution in [2.45, 2.75) is 20.4 Å². The number of nitrogens with zero attached hydrogens (tertiary/aromatic N) is 2. The van der Waals surface area contributed by atoms with Crippen LogP contribution in [0.15, 0.2) is 12.5 Å². The fourth-order valence-corrected chi connectivity index (χ4v) is 1.38. The molecule has 0 radical (unpaired) electrons. The van der Waals surface area contributed by atoms with Crippen LogP contribution in [0.5, 0.6) is 0 Å². The molecular formula is C12H21N5O2. The smallest absolute Gasteiger partial charge is 0.271 e. The van der Waals surface area contributed by atoms with Crippen LogP contribution < -0.4 is 16.4 Å². The minimum absolute atomic E-state index is 0.0463. The van der Waals surface area contributed by atoms with Gasteiger partial charge in [-0.05, 0) is 5.92 Å². The molecule has 19 heavy (non-hydrogen) atoms. The van der Waals surface area contributed by atoms with E-state index in [1.54, 1.807) is 17.1 Å². The van der Waals surface area contributed by atoms with Crippen LogP contribution in [0.4, 0.5) is 0 Å². The van der Waals surface area contributed by atoms with E-state index in [0.29, 0.717) is 25.6 Å². The van der Waals surface area contributed by atoms with E-state index in [4.69, 9.17) is 5.73 Å². The highest BCUT2D eigenvalue weighted by Gasteiger charge is 2.10. The molecule has 0 aliphatic carbocycles. The number of nitrogens with two attached hydrogens (primary N) is 1. The van der Waals surface area contributed by atoms with E-state index in [1.165, 1.54) is 0 Å². The molecule has 1 aromatic rings. The quantitative estimate of drug-likeness (QED) is 0.610. The van der Waals surface area contributed by atoms with Gasteiger partial charge in [0.2, 0.25) is 5.91 Å². The summed E-state index contributed by atoms with van der Waals surface area (Å²) in [5.41, 5.74) is 5.68. The second-order valence-corrected chi connectivity index (χ2v) is 4.67. The van der Waals surface area contributed by atoms with Crippen LogP contribution >= 0.6 is 0 Å². The van der Waals surface area contributed by atoms with Crippen molar-refractivity contribution in [1.82, 2.24) is 20.2 Å². The van der Waals surface area contributed by atoms with Gasteiger partial charge in [0.1, 0.15) is 5.69 Å². The number of carbonyl (C=O) groups is 2. The Balaban J connectivity index is 2.35. The maximum Gasteiger partial charge on any atom is 0.271 e. The largest absolute Gasteiger partial charge is 0.354 e. The van der Waals surface area contributed by atoms with Crippen LogP contribution in [-0.4, -0.2) is 41.0 Å². The monoisotopic (exact) mass is 267 g/mol. The third-order valence-corrected chi connectivity index (χ3v) is 2.37. The maximum absolute atomic E-state index is 11.7. The van der Waals surface area contributed by atoms with Crippen LogP contribution in [0, 0.1) is 5.92 Å². The fraction of sp³-hybridized carbons (Fsp3) is 0.583. The summed E-state index contributed by atoms with van der Waals surface area (Å²) in [5, 5.41) is 5.24. The number of hydrogen-bond donors (Lipinski definition) is 3. The van der Waals surface area contributed by atoms with Gasteiger partial charge in [0.15, 0.2) is 0 Å². The van der Waals surface area contributed by atoms with Gasteiger partial charge in [0, 0.05) is 25.8 Å². The molecule has 4 N–H and O–H groups in total. The second kappa shape index (κ2) is 7.52. The number of carbonyl (C=O) groups excluding carboxylic acids is 2. The highest BCUT2D eigenvalue weighted by molar-refractivity contribution is 5.94. The zero-order valence-electron chi connectivity index (χ0n) is 11.3. The van der Waals surface area contributed by atoms with Gasteiger partial charge in [-0.25, -0.2) is 4.98 Å². The van der Waals surface area contributed by atoms with Crippen molar-refractivity contribution < 1.29 is 9.59 Å². The van der Waals surface area contributed by atoms with E-state index in [-0.39, 0.29) is 24.1 Å². The number of hydrogen-bond acceptors (Lipinski definition) is 4. The summed E-state index contributed by atoms with van der Waals surface area (Å²) in [5.74, 6) is -0.189. The highest BCUT2D eigenvalue weighted by atomic mass is 16.2. The molecular weight excluding hydrogens is 246 g/mol. The molecule has 0 atom stereocenters. The number of amides is 2. The Morgan fingerprint density at radius 1 is 1.42 bits per heavy atom. The second-order valence-electron chi connectivity index (χ2n) is 4.67. The van der Waals surface area contributed by atoms with Gasteiger partial charge in [-0.2, -0.15) is 0 Å². The maximum atomic E-state index is 11.7. The van der Waals surface area contributed by atoms with Gasteiger partial charge >= 0.3 is 0 Å². The molecule has 0 bridgehead atoms. The first-order valence-electron chi connectivity index (χ1n) is 6.29. The van der Waals surface area contributed by atoms with E-state index in [0.717, 1.165) is 0 Å². The molecule has 7 heteroatoms. The van der Waals surface area contributed by atoms with Crippen molar-refractivity contribution in [3.05, 3.63) is 18.2 Å². The molecule has 0 unspecified atom stereocenters. The fourth-order valence-electron chi connectivity index (χ4n) is 1.38. The van der Waals surface area contributed by atoms with E-state index in [9.17, 15) is 9.59 Å². The summed E-state index contributed by atoms with van der Waals surface area (Å²) in [6.07, 6.45) is 3.15. The summed E-state index contributed by atoms with van der Waals surface area (Å²) in [6.45, 7) is 5.64. The summed E-state index contributed by atoms with van der Waals surface area (Å²) < 4.78 is 1.73. The lowest BCUT2D eigenvalue weighted by atomic mass is 10.2. The third kappa shape index (κ3) is 5.52. The summed E-state index contributed by atoms with van der Waals surface area (Å²) in [7, 11) is 0. The first kappa shape index (κ1) is 15.2. The van der Waals surface area contributed by atoms with Crippen molar-refractivity contribution in [3.8, 4) is 0 Å². The first-order valence-corrected chi connectivity index (χ1v) is 6.29. The molecule has 0 fully saturated rings. The van der Waals surface area contributed by atoms with E-state index in [2.05, 4.69) is 15.6 Å². The van der Waals surface area contributed by atoms with Crippen LogP contribution in [0.2, 0.25) is 0 Å². The van der Waals surface area contributed by atoms with E-state index < -0.39 is 0 Å². The number of aromatic nitrogens is 2. The van der Waals surface area contributed by atoms with Crippen molar-refractivity contribution in [3.63, 3.8) is 0 Å². The average Bonchev–Trinajstić information content (AvgIpc) is 2.82. The Bertz CT molecular complexity index is 428. The van der Waals surface area contributed by atoms with Crippen molar-refractivity contribution in [1.29, 1.82) is 0 Å². The lowest BCUT2D eigenvalue weighted by molar-refractivity contribution is -0.120. The number of nitrogens with one attached hydrogen (secondary N) is 2. The van der Waals surface area contributed by atoms with Gasteiger partial charge in [0.05, 0.1) is 12.9 Å². The van der Waals surface area contributed by atoms with Crippen molar-refractivity contribution in [2.24, 2.45) is 11.7 Å². The first-order chi connectivity index (χ1) is 9.02. The Hall–Kier alpha value is -1.89. The van der Waals surface area contributed by atoms with Crippen molar-refractivity contribution in [2.75, 3.05) is 19.6 Å². The zero-order valence-corrected chi connectivity index (χ0v) is 11.3. The predicted octanol–water partition coefficient (Wildman–Crippen LogP) is -0.656. The third-order valence-electron chi connectivity index (χ3n) is 2.37. The molecule has 1 heterocycles. The zero-order chi connectivity index (χ0) is 14.3. The Morgan fingerprint density at radius 3 is 2.79 bits per heavy atom. The molecule has 7 nitrogen and oxygen atoms in total. The normalized spacial score (nSPS) is 10.5. The standard InChI is InChI=1S/C12H21N5O2/c1-9(2)5-14-11(18)6-15-12(19)10-7-17(4-3-13)8-16-10/h7-9H,3-6,13H2,1-2H3,(H,14,18)(H,15,19). The van der Waals surface area contributed by atoms with Gasteiger partial charge in [-0.3, -0.25) is 9.59 Å². The van der Waals surface area contributed by atoms with E-state index in [1.807, 2.05) is 13.8 Å². The molecule has 0 aliphatic heterocycles. The summed E-state index contributed by atoms with van der Waals surface area (Å²) in [4.78, 5) is 27.1. The Kier molecular flexibility index (Phi) is 6.01. The molecule has 0 aromatic carbocycles. The number of imidazole rings is 1.